The molecule has 0 aliphatic heterocycles. The fraction of sp³-hybridized carbons (Fsp3) is 0.0476. The van der Waals surface area contributed by atoms with Crippen molar-refractivity contribution in [2.45, 2.75) is 6.92 Å². The zero-order chi connectivity index (χ0) is 15.8. The minimum Gasteiger partial charge on any atom is -0.309 e. The Balaban J connectivity index is 2.10. The Morgan fingerprint density at radius 3 is 2.13 bits per heavy atom. The van der Waals surface area contributed by atoms with E-state index in [1.807, 2.05) is 30.3 Å². The minimum atomic E-state index is -0.214. The molecule has 0 aliphatic carbocycles. The molecule has 0 unspecified atom stereocenters. The number of nitrogens with zero attached hydrogens (tertiary/aromatic N) is 1. The number of hydrogen-bond donors (Lipinski definition) is 0. The van der Waals surface area contributed by atoms with Crippen molar-refractivity contribution >= 4 is 10.9 Å². The van der Waals surface area contributed by atoms with Crippen molar-refractivity contribution in [2.75, 3.05) is 0 Å². The minimum absolute atomic E-state index is 0.214. The van der Waals surface area contributed by atoms with Crippen LogP contribution in [0.25, 0.3) is 27.8 Å². The fourth-order valence-electron chi connectivity index (χ4n) is 3.20. The maximum Gasteiger partial charge on any atom is 0.123 e. The van der Waals surface area contributed by atoms with Crippen molar-refractivity contribution in [1.29, 1.82) is 0 Å². The molecule has 0 aliphatic rings. The standard InChI is InChI=1S/C21H16FN/c1-15-19-9-5-6-10-20(19)23(18-7-3-2-4-8-18)21(15)16-11-13-17(22)14-12-16/h2-14H,1H3. The predicted molar refractivity (Wildman–Crippen MR) is 93.4 cm³/mol. The molecule has 0 radical (unpaired) electrons. The molecule has 1 aromatic heterocycles. The van der Waals surface area contributed by atoms with Gasteiger partial charge in [0.05, 0.1) is 11.2 Å². The summed E-state index contributed by atoms with van der Waals surface area (Å²) in [6.07, 6.45) is 0. The van der Waals surface area contributed by atoms with Gasteiger partial charge >= 0.3 is 0 Å². The SMILES string of the molecule is Cc1c(-c2ccc(F)cc2)n(-c2ccccc2)c2ccccc12. The average Bonchev–Trinajstić information content (AvgIpc) is 2.90. The van der Waals surface area contributed by atoms with Gasteiger partial charge in [-0.15, -0.1) is 0 Å². The van der Waals surface area contributed by atoms with E-state index in [1.165, 1.54) is 23.1 Å². The number of benzene rings is 3. The molecule has 2 heteroatoms. The number of fused-ring (bicyclic) bond motifs is 1. The van der Waals surface area contributed by atoms with Crippen LogP contribution in [-0.4, -0.2) is 4.57 Å². The molecule has 0 saturated heterocycles. The summed E-state index contributed by atoms with van der Waals surface area (Å²) in [5.41, 5.74) is 5.60. The molecule has 23 heavy (non-hydrogen) atoms. The first-order valence-corrected chi connectivity index (χ1v) is 7.67. The van der Waals surface area contributed by atoms with Crippen LogP contribution in [0.2, 0.25) is 0 Å². The van der Waals surface area contributed by atoms with Gasteiger partial charge in [0, 0.05) is 11.1 Å². The lowest BCUT2D eigenvalue weighted by molar-refractivity contribution is 0.628. The maximum absolute atomic E-state index is 13.3. The number of aryl methyl sites for hydroxylation is 1. The summed E-state index contributed by atoms with van der Waals surface area (Å²) in [4.78, 5) is 0. The van der Waals surface area contributed by atoms with Gasteiger partial charge in [-0.2, -0.15) is 0 Å². The number of halogens is 1. The molecule has 1 nitrogen and oxygen atoms in total. The summed E-state index contributed by atoms with van der Waals surface area (Å²) in [5, 5.41) is 1.22. The van der Waals surface area contributed by atoms with E-state index in [4.69, 9.17) is 0 Å². The number of rotatable bonds is 2. The normalized spacial score (nSPS) is 11.0. The summed E-state index contributed by atoms with van der Waals surface area (Å²) >= 11 is 0. The Morgan fingerprint density at radius 1 is 0.739 bits per heavy atom. The van der Waals surface area contributed by atoms with Gasteiger partial charge in [-0.25, -0.2) is 4.39 Å². The van der Waals surface area contributed by atoms with E-state index in [2.05, 4.69) is 47.9 Å². The van der Waals surface area contributed by atoms with Crippen molar-refractivity contribution in [1.82, 2.24) is 4.57 Å². The molecule has 1 heterocycles. The molecule has 0 amide bonds. The predicted octanol–water partition coefficient (Wildman–Crippen LogP) is 5.75. The second-order valence-electron chi connectivity index (χ2n) is 5.67. The van der Waals surface area contributed by atoms with E-state index in [0.29, 0.717) is 0 Å². The summed E-state index contributed by atoms with van der Waals surface area (Å²) in [5.74, 6) is -0.214. The molecular formula is C21H16FN. The lowest BCUT2D eigenvalue weighted by Gasteiger charge is -2.12. The van der Waals surface area contributed by atoms with Gasteiger partial charge < -0.3 is 4.57 Å². The lowest BCUT2D eigenvalue weighted by Crippen LogP contribution is -1.97. The fourth-order valence-corrected chi connectivity index (χ4v) is 3.20. The molecule has 4 rings (SSSR count). The molecule has 0 atom stereocenters. The van der Waals surface area contributed by atoms with Gasteiger partial charge in [-0.1, -0.05) is 36.4 Å². The van der Waals surface area contributed by atoms with Crippen LogP contribution in [0.5, 0.6) is 0 Å². The molecule has 3 aromatic carbocycles. The van der Waals surface area contributed by atoms with Gasteiger partial charge in [0.1, 0.15) is 5.82 Å². The zero-order valence-electron chi connectivity index (χ0n) is 12.8. The Bertz CT molecular complexity index is 966. The highest BCUT2D eigenvalue weighted by atomic mass is 19.1. The Morgan fingerprint density at radius 2 is 1.39 bits per heavy atom. The third-order valence-corrected chi connectivity index (χ3v) is 4.26. The topological polar surface area (TPSA) is 4.93 Å². The van der Waals surface area contributed by atoms with Gasteiger partial charge in [-0.05, 0) is 60.5 Å². The van der Waals surface area contributed by atoms with Crippen molar-refractivity contribution in [2.24, 2.45) is 0 Å². The van der Waals surface area contributed by atoms with E-state index in [9.17, 15) is 4.39 Å². The summed E-state index contributed by atoms with van der Waals surface area (Å²) in [6.45, 7) is 2.13. The van der Waals surface area contributed by atoms with Crippen molar-refractivity contribution in [3.05, 3.63) is 90.2 Å². The van der Waals surface area contributed by atoms with Crippen LogP contribution in [0.15, 0.2) is 78.9 Å². The summed E-state index contributed by atoms with van der Waals surface area (Å²) < 4.78 is 15.6. The van der Waals surface area contributed by atoms with Gasteiger partial charge in [0.2, 0.25) is 0 Å². The Kier molecular flexibility index (Phi) is 3.23. The third kappa shape index (κ3) is 2.23. The van der Waals surface area contributed by atoms with Crippen LogP contribution in [0, 0.1) is 12.7 Å². The molecule has 0 fully saturated rings. The molecule has 4 aromatic rings. The largest absolute Gasteiger partial charge is 0.309 e. The van der Waals surface area contributed by atoms with Crippen LogP contribution in [0.3, 0.4) is 0 Å². The summed E-state index contributed by atoms with van der Waals surface area (Å²) in [6, 6.07) is 25.4. The highest BCUT2D eigenvalue weighted by Crippen LogP contribution is 2.35. The van der Waals surface area contributed by atoms with Gasteiger partial charge in [0.15, 0.2) is 0 Å². The smallest absolute Gasteiger partial charge is 0.123 e. The number of hydrogen-bond acceptors (Lipinski definition) is 0. The highest BCUT2D eigenvalue weighted by molar-refractivity contribution is 5.93. The van der Waals surface area contributed by atoms with E-state index in [1.54, 1.807) is 0 Å². The zero-order valence-corrected chi connectivity index (χ0v) is 12.8. The first kappa shape index (κ1) is 13.8. The molecule has 0 saturated carbocycles. The first-order valence-electron chi connectivity index (χ1n) is 7.67. The van der Waals surface area contributed by atoms with Gasteiger partial charge in [-0.3, -0.25) is 0 Å². The number of para-hydroxylation sites is 2. The third-order valence-electron chi connectivity index (χ3n) is 4.26. The van der Waals surface area contributed by atoms with Crippen LogP contribution in [0.1, 0.15) is 5.56 Å². The highest BCUT2D eigenvalue weighted by Gasteiger charge is 2.16. The monoisotopic (exact) mass is 301 g/mol. The molecule has 0 bridgehead atoms. The van der Waals surface area contributed by atoms with Gasteiger partial charge in [0.25, 0.3) is 0 Å². The molecule has 112 valence electrons. The van der Waals surface area contributed by atoms with Crippen LogP contribution in [-0.2, 0) is 0 Å². The van der Waals surface area contributed by atoms with Crippen LogP contribution < -0.4 is 0 Å². The molecular weight excluding hydrogens is 285 g/mol. The first-order chi connectivity index (χ1) is 11.3. The van der Waals surface area contributed by atoms with Crippen molar-refractivity contribution in [3.63, 3.8) is 0 Å². The van der Waals surface area contributed by atoms with E-state index >= 15 is 0 Å². The number of aromatic nitrogens is 1. The molecule has 0 N–H and O–H groups in total. The van der Waals surface area contributed by atoms with E-state index in [0.717, 1.165) is 22.5 Å². The Hall–Kier alpha value is -2.87. The lowest BCUT2D eigenvalue weighted by atomic mass is 10.1. The van der Waals surface area contributed by atoms with E-state index < -0.39 is 0 Å². The second kappa shape index (κ2) is 5.40. The van der Waals surface area contributed by atoms with Crippen LogP contribution in [0.4, 0.5) is 4.39 Å². The van der Waals surface area contributed by atoms with Crippen molar-refractivity contribution in [3.8, 4) is 16.9 Å². The Labute approximate surface area is 134 Å². The maximum atomic E-state index is 13.3. The summed E-state index contributed by atoms with van der Waals surface area (Å²) in [7, 11) is 0. The second-order valence-corrected chi connectivity index (χ2v) is 5.67. The average molecular weight is 301 g/mol. The van der Waals surface area contributed by atoms with E-state index in [-0.39, 0.29) is 5.82 Å². The molecule has 0 spiro atoms. The quantitative estimate of drug-likeness (QED) is 0.444. The van der Waals surface area contributed by atoms with Crippen molar-refractivity contribution < 1.29 is 4.39 Å². The van der Waals surface area contributed by atoms with Crippen LogP contribution >= 0.6 is 0 Å².